The van der Waals surface area contributed by atoms with Crippen LogP contribution in [0.4, 0.5) is 0 Å². The highest BCUT2D eigenvalue weighted by molar-refractivity contribution is 8.14. The summed E-state index contributed by atoms with van der Waals surface area (Å²) in [4.78, 5) is 20.2. The zero-order chi connectivity index (χ0) is 15.5. The molecule has 1 aromatic heterocycles. The molecule has 0 bridgehead atoms. The summed E-state index contributed by atoms with van der Waals surface area (Å²) < 4.78 is 10.3. The second-order valence-electron chi connectivity index (χ2n) is 4.92. The van der Waals surface area contributed by atoms with E-state index < -0.39 is 5.54 Å². The van der Waals surface area contributed by atoms with Gasteiger partial charge >= 0.3 is 0 Å². The predicted octanol–water partition coefficient (Wildman–Crippen LogP) is 1.65. The molecule has 2 heterocycles. The average Bonchev–Trinajstić information content (AvgIpc) is 2.83. The van der Waals surface area contributed by atoms with Gasteiger partial charge in [0.25, 0.3) is 0 Å². The summed E-state index contributed by atoms with van der Waals surface area (Å²) >= 11 is 1.42. The summed E-state index contributed by atoms with van der Waals surface area (Å²) in [5.74, 6) is 1.02. The Kier molecular flexibility index (Phi) is 4.84. The van der Waals surface area contributed by atoms with E-state index in [-0.39, 0.29) is 11.5 Å². The van der Waals surface area contributed by atoms with Crippen molar-refractivity contribution < 1.29 is 19.4 Å². The molecule has 0 unspecified atom stereocenters. The zero-order valence-electron chi connectivity index (χ0n) is 12.3. The maximum Gasteiger partial charge on any atom is 0.157 e. The number of ketones is 1. The molecule has 2 rings (SSSR count). The highest BCUT2D eigenvalue weighted by Gasteiger charge is 2.36. The van der Waals surface area contributed by atoms with Gasteiger partial charge in [-0.05, 0) is 13.8 Å². The molecule has 0 saturated heterocycles. The number of rotatable bonds is 6. The van der Waals surface area contributed by atoms with E-state index in [0.29, 0.717) is 35.5 Å². The minimum Gasteiger partial charge on any atom is -0.505 e. The summed E-state index contributed by atoms with van der Waals surface area (Å²) in [5, 5.41) is 10.6. The fourth-order valence-electron chi connectivity index (χ4n) is 1.72. The van der Waals surface area contributed by atoms with Gasteiger partial charge in [-0.1, -0.05) is 0 Å². The Labute approximate surface area is 127 Å². The van der Waals surface area contributed by atoms with Crippen molar-refractivity contribution in [2.75, 3.05) is 26.1 Å². The lowest BCUT2D eigenvalue weighted by Gasteiger charge is -2.14. The van der Waals surface area contributed by atoms with Crippen LogP contribution in [0.1, 0.15) is 19.5 Å². The van der Waals surface area contributed by atoms with E-state index in [1.807, 2.05) is 0 Å². The number of carbonyl (C=O) groups excluding carboxylic acids is 1. The predicted molar refractivity (Wildman–Crippen MR) is 81.4 cm³/mol. The van der Waals surface area contributed by atoms with E-state index in [2.05, 4.69) is 9.98 Å². The van der Waals surface area contributed by atoms with Gasteiger partial charge in [-0.3, -0.25) is 9.79 Å². The molecular formula is C14H18N2O4S. The third-order valence-corrected chi connectivity index (χ3v) is 4.46. The van der Waals surface area contributed by atoms with Crippen molar-refractivity contribution in [2.24, 2.45) is 4.99 Å². The third-order valence-electron chi connectivity index (χ3n) is 3.20. The number of pyridine rings is 1. The molecule has 0 fully saturated rings. The van der Waals surface area contributed by atoms with Crippen LogP contribution in [0.25, 0.3) is 0 Å². The normalized spacial score (nSPS) is 21.2. The van der Waals surface area contributed by atoms with Gasteiger partial charge in [0, 0.05) is 18.9 Å². The molecule has 6 nitrogen and oxygen atoms in total. The number of ether oxygens (including phenoxy) is 2. The molecule has 1 aliphatic heterocycles. The highest BCUT2D eigenvalue weighted by Crippen LogP contribution is 2.34. The Morgan fingerprint density at radius 1 is 1.52 bits per heavy atom. The fraction of sp³-hybridized carbons (Fsp3) is 0.500. The van der Waals surface area contributed by atoms with Gasteiger partial charge in [0.15, 0.2) is 5.78 Å². The van der Waals surface area contributed by atoms with Crippen LogP contribution in [-0.2, 0) is 9.53 Å². The van der Waals surface area contributed by atoms with Crippen molar-refractivity contribution >= 4 is 22.6 Å². The van der Waals surface area contributed by atoms with Crippen molar-refractivity contribution in [3.05, 3.63) is 18.0 Å². The minimum atomic E-state index is -0.734. The first-order chi connectivity index (χ1) is 9.96. The molecule has 21 heavy (non-hydrogen) atoms. The number of Topliss-reactive ketones (excluding diaryl/α,β-unsaturated/α-hetero) is 1. The first kappa shape index (κ1) is 15.8. The topological polar surface area (TPSA) is 81.0 Å². The molecule has 114 valence electrons. The number of aliphatic imine (C=N–C) groups is 1. The Hall–Kier alpha value is -1.60. The molecule has 1 N–H and O–H groups in total. The Bertz CT molecular complexity index is 576. The van der Waals surface area contributed by atoms with Gasteiger partial charge in [0.2, 0.25) is 0 Å². The SMILES string of the molecule is COCCOc1cnc(C2=N[C@@](C)(C(C)=O)CS2)c(O)c1. The van der Waals surface area contributed by atoms with Crippen LogP contribution in [0.2, 0.25) is 0 Å². The highest BCUT2D eigenvalue weighted by atomic mass is 32.2. The van der Waals surface area contributed by atoms with Crippen LogP contribution < -0.4 is 4.74 Å². The van der Waals surface area contributed by atoms with Crippen molar-refractivity contribution in [1.29, 1.82) is 0 Å². The molecule has 0 spiro atoms. The Morgan fingerprint density at radius 2 is 2.29 bits per heavy atom. The van der Waals surface area contributed by atoms with E-state index in [4.69, 9.17) is 9.47 Å². The molecule has 0 aromatic carbocycles. The molecule has 0 amide bonds. The summed E-state index contributed by atoms with van der Waals surface area (Å²) in [6.45, 7) is 4.15. The summed E-state index contributed by atoms with van der Waals surface area (Å²) in [5.41, 5.74) is -0.356. The van der Waals surface area contributed by atoms with Crippen molar-refractivity contribution in [3.63, 3.8) is 0 Å². The van der Waals surface area contributed by atoms with E-state index in [9.17, 15) is 9.90 Å². The van der Waals surface area contributed by atoms with Gasteiger partial charge in [0.1, 0.15) is 34.4 Å². The summed E-state index contributed by atoms with van der Waals surface area (Å²) in [7, 11) is 1.59. The van der Waals surface area contributed by atoms with Gasteiger partial charge in [0.05, 0.1) is 12.8 Å². The number of carbonyl (C=O) groups is 1. The zero-order valence-corrected chi connectivity index (χ0v) is 13.1. The Balaban J connectivity index is 2.17. The lowest BCUT2D eigenvalue weighted by atomic mass is 10.0. The smallest absolute Gasteiger partial charge is 0.157 e. The van der Waals surface area contributed by atoms with Crippen molar-refractivity contribution in [3.8, 4) is 11.5 Å². The average molecular weight is 310 g/mol. The fourth-order valence-corrected chi connectivity index (χ4v) is 2.97. The van der Waals surface area contributed by atoms with Crippen molar-refractivity contribution in [2.45, 2.75) is 19.4 Å². The van der Waals surface area contributed by atoms with Crippen LogP contribution in [0, 0.1) is 0 Å². The summed E-state index contributed by atoms with van der Waals surface area (Å²) in [6, 6.07) is 1.49. The number of hydrogen-bond donors (Lipinski definition) is 1. The molecule has 1 atom stereocenters. The number of hydrogen-bond acceptors (Lipinski definition) is 7. The number of aromatic nitrogens is 1. The van der Waals surface area contributed by atoms with Gasteiger partial charge in [-0.2, -0.15) is 0 Å². The second kappa shape index (κ2) is 6.44. The van der Waals surface area contributed by atoms with Gasteiger partial charge in [-0.15, -0.1) is 11.8 Å². The molecule has 1 aromatic rings. The summed E-state index contributed by atoms with van der Waals surface area (Å²) in [6.07, 6.45) is 1.53. The third kappa shape index (κ3) is 3.54. The number of thioether (sulfide) groups is 1. The first-order valence-electron chi connectivity index (χ1n) is 6.51. The number of methoxy groups -OCH3 is 1. The molecule has 0 aliphatic carbocycles. The van der Waals surface area contributed by atoms with E-state index in [1.54, 1.807) is 14.0 Å². The number of nitrogens with zero attached hydrogens (tertiary/aromatic N) is 2. The first-order valence-corrected chi connectivity index (χ1v) is 7.49. The van der Waals surface area contributed by atoms with Gasteiger partial charge < -0.3 is 14.6 Å². The van der Waals surface area contributed by atoms with Gasteiger partial charge in [-0.25, -0.2) is 4.98 Å². The molecule has 7 heteroatoms. The Morgan fingerprint density at radius 3 is 2.86 bits per heavy atom. The maximum absolute atomic E-state index is 11.6. The van der Waals surface area contributed by atoms with Crippen LogP contribution in [0.5, 0.6) is 11.5 Å². The second-order valence-corrected chi connectivity index (χ2v) is 5.88. The number of aromatic hydroxyl groups is 1. The van der Waals surface area contributed by atoms with E-state index in [1.165, 1.54) is 30.9 Å². The minimum absolute atomic E-state index is 0.00371. The largest absolute Gasteiger partial charge is 0.505 e. The maximum atomic E-state index is 11.6. The monoisotopic (exact) mass is 310 g/mol. The molecule has 0 saturated carbocycles. The van der Waals surface area contributed by atoms with E-state index in [0.717, 1.165) is 0 Å². The van der Waals surface area contributed by atoms with Crippen LogP contribution in [0.15, 0.2) is 17.3 Å². The molecule has 0 radical (unpaired) electrons. The molecule has 1 aliphatic rings. The molecular weight excluding hydrogens is 292 g/mol. The van der Waals surface area contributed by atoms with Crippen LogP contribution in [0.3, 0.4) is 0 Å². The van der Waals surface area contributed by atoms with Crippen LogP contribution in [-0.4, -0.2) is 52.5 Å². The standard InChI is InChI=1S/C14H18N2O4S/c1-9(17)14(2)8-21-13(16-14)12-11(18)6-10(7-15-12)20-5-4-19-3/h6-7,18H,4-5,8H2,1-3H3/t14-/m1/s1. The van der Waals surface area contributed by atoms with E-state index >= 15 is 0 Å². The van der Waals surface area contributed by atoms with Crippen LogP contribution >= 0.6 is 11.8 Å². The van der Waals surface area contributed by atoms with Crippen molar-refractivity contribution in [1.82, 2.24) is 4.98 Å². The quantitative estimate of drug-likeness (QED) is 0.805. The lowest BCUT2D eigenvalue weighted by molar-refractivity contribution is -0.120. The lowest BCUT2D eigenvalue weighted by Crippen LogP contribution is -2.31.